The zero-order valence-corrected chi connectivity index (χ0v) is 13.9. The molecule has 1 atom stereocenters. The lowest BCUT2D eigenvalue weighted by molar-refractivity contribution is 0.365. The minimum absolute atomic E-state index is 0.149. The molecule has 0 amide bonds. The van der Waals surface area contributed by atoms with E-state index in [9.17, 15) is 0 Å². The number of thiazole rings is 1. The fourth-order valence-corrected chi connectivity index (χ4v) is 4.40. The van der Waals surface area contributed by atoms with Crippen molar-refractivity contribution in [2.24, 2.45) is 0 Å². The fraction of sp³-hybridized carbons (Fsp3) is 0.471. The zero-order chi connectivity index (χ0) is 15.0. The molecule has 3 rings (SSSR count). The summed E-state index contributed by atoms with van der Waals surface area (Å²) in [5, 5.41) is 4.76. The van der Waals surface area contributed by atoms with Gasteiger partial charge in [0.15, 0.2) is 0 Å². The largest absolute Gasteiger partial charge is 0.497 e. The van der Waals surface area contributed by atoms with E-state index in [-0.39, 0.29) is 5.54 Å². The van der Waals surface area contributed by atoms with Crippen LogP contribution in [-0.2, 0) is 12.0 Å². The lowest BCUT2D eigenvalue weighted by Crippen LogP contribution is -2.43. The van der Waals surface area contributed by atoms with Crippen molar-refractivity contribution < 1.29 is 4.74 Å². The first-order valence-electron chi connectivity index (χ1n) is 7.41. The first kappa shape index (κ1) is 14.5. The van der Waals surface area contributed by atoms with E-state index in [0.29, 0.717) is 0 Å². The quantitative estimate of drug-likeness (QED) is 0.941. The summed E-state index contributed by atoms with van der Waals surface area (Å²) in [6.45, 7) is 4.24. The molecule has 0 saturated heterocycles. The molecule has 0 radical (unpaired) electrons. The van der Waals surface area contributed by atoms with Crippen molar-refractivity contribution in [3.63, 3.8) is 0 Å². The van der Waals surface area contributed by atoms with E-state index in [0.717, 1.165) is 24.3 Å². The van der Waals surface area contributed by atoms with Crippen LogP contribution in [-0.4, -0.2) is 19.1 Å². The van der Waals surface area contributed by atoms with Gasteiger partial charge in [0, 0.05) is 4.88 Å². The molecule has 1 aliphatic carbocycles. The summed E-state index contributed by atoms with van der Waals surface area (Å²) in [6.07, 6.45) is 3.37. The van der Waals surface area contributed by atoms with E-state index < -0.39 is 0 Å². The topological polar surface area (TPSA) is 34.2 Å². The number of nitrogens with zero attached hydrogens (tertiary/aromatic N) is 1. The van der Waals surface area contributed by atoms with E-state index in [1.54, 1.807) is 7.11 Å². The van der Waals surface area contributed by atoms with Gasteiger partial charge < -0.3 is 10.1 Å². The number of methoxy groups -OCH3 is 1. The predicted molar refractivity (Wildman–Crippen MR) is 87.4 cm³/mol. The van der Waals surface area contributed by atoms with E-state index in [1.165, 1.54) is 27.4 Å². The van der Waals surface area contributed by atoms with Crippen LogP contribution in [0.4, 0.5) is 0 Å². The lowest BCUT2D eigenvalue weighted by Gasteiger charge is -2.37. The molecule has 0 spiro atoms. The summed E-state index contributed by atoms with van der Waals surface area (Å²) in [7, 11) is 3.77. The van der Waals surface area contributed by atoms with Crippen molar-refractivity contribution in [2.45, 2.75) is 38.6 Å². The van der Waals surface area contributed by atoms with Gasteiger partial charge in [0.1, 0.15) is 10.8 Å². The van der Waals surface area contributed by atoms with Gasteiger partial charge in [-0.1, -0.05) is 6.07 Å². The average Bonchev–Trinajstić information content (AvgIpc) is 2.85. The number of hydrogen-bond donors (Lipinski definition) is 1. The second-order valence-corrected chi connectivity index (χ2v) is 6.90. The highest BCUT2D eigenvalue weighted by molar-refractivity contribution is 7.11. The molecule has 0 aliphatic heterocycles. The highest BCUT2D eigenvalue weighted by atomic mass is 32.1. The molecule has 0 fully saturated rings. The van der Waals surface area contributed by atoms with E-state index in [1.807, 2.05) is 18.4 Å². The van der Waals surface area contributed by atoms with Crippen molar-refractivity contribution in [2.75, 3.05) is 14.2 Å². The van der Waals surface area contributed by atoms with Crippen molar-refractivity contribution in [1.82, 2.24) is 10.3 Å². The maximum absolute atomic E-state index is 5.38. The van der Waals surface area contributed by atoms with Gasteiger partial charge in [-0.2, -0.15) is 0 Å². The van der Waals surface area contributed by atoms with Crippen LogP contribution in [0.2, 0.25) is 0 Å². The number of benzene rings is 1. The maximum Gasteiger partial charge on any atom is 0.119 e. The van der Waals surface area contributed by atoms with Crippen molar-refractivity contribution in [3.05, 3.63) is 44.9 Å². The number of aromatic nitrogens is 1. The van der Waals surface area contributed by atoms with Crippen molar-refractivity contribution in [3.8, 4) is 5.75 Å². The normalized spacial score (nSPS) is 21.1. The SMILES string of the molecule is CNC1(c2nc(C)c(C)s2)CCCc2cc(OC)ccc21. The Bertz CT molecular complexity index is 645. The molecular weight excluding hydrogens is 280 g/mol. The Morgan fingerprint density at radius 2 is 2.14 bits per heavy atom. The highest BCUT2D eigenvalue weighted by Crippen LogP contribution is 2.43. The van der Waals surface area contributed by atoms with Crippen LogP contribution in [0, 0.1) is 13.8 Å². The number of fused-ring (bicyclic) bond motifs is 1. The molecule has 112 valence electrons. The number of nitrogens with one attached hydrogen (secondary N) is 1. The van der Waals surface area contributed by atoms with Crippen LogP contribution in [0.1, 0.15) is 39.5 Å². The molecule has 21 heavy (non-hydrogen) atoms. The molecule has 1 unspecified atom stereocenters. The number of aryl methyl sites for hydroxylation is 3. The molecule has 1 aromatic heterocycles. The Kier molecular flexibility index (Phi) is 3.76. The van der Waals surface area contributed by atoms with Gasteiger partial charge in [-0.15, -0.1) is 11.3 Å². The van der Waals surface area contributed by atoms with Crippen molar-refractivity contribution >= 4 is 11.3 Å². The Morgan fingerprint density at radius 3 is 2.76 bits per heavy atom. The third-order valence-corrected chi connectivity index (χ3v) is 5.83. The smallest absolute Gasteiger partial charge is 0.119 e. The third-order valence-electron chi connectivity index (χ3n) is 4.59. The number of rotatable bonds is 3. The molecular formula is C17H22N2OS. The zero-order valence-electron chi connectivity index (χ0n) is 13.1. The van der Waals surface area contributed by atoms with Crippen LogP contribution < -0.4 is 10.1 Å². The van der Waals surface area contributed by atoms with E-state index >= 15 is 0 Å². The second-order valence-electron chi connectivity index (χ2n) is 5.69. The molecule has 2 aromatic rings. The monoisotopic (exact) mass is 302 g/mol. The summed E-state index contributed by atoms with van der Waals surface area (Å²) in [4.78, 5) is 6.15. The van der Waals surface area contributed by atoms with E-state index in [4.69, 9.17) is 9.72 Å². The Morgan fingerprint density at radius 1 is 1.33 bits per heavy atom. The van der Waals surface area contributed by atoms with Crippen LogP contribution in [0.25, 0.3) is 0 Å². The van der Waals surface area contributed by atoms with Gasteiger partial charge in [-0.05, 0) is 63.4 Å². The molecule has 0 saturated carbocycles. The lowest BCUT2D eigenvalue weighted by atomic mass is 9.76. The first-order chi connectivity index (χ1) is 10.1. The Balaban J connectivity index is 2.16. The minimum Gasteiger partial charge on any atom is -0.497 e. The molecule has 1 N–H and O–H groups in total. The van der Waals surface area contributed by atoms with Gasteiger partial charge in [0.25, 0.3) is 0 Å². The predicted octanol–water partition coefficient (Wildman–Crippen LogP) is 3.57. The highest BCUT2D eigenvalue weighted by Gasteiger charge is 2.39. The maximum atomic E-state index is 5.38. The number of hydrogen-bond acceptors (Lipinski definition) is 4. The Labute approximate surface area is 130 Å². The van der Waals surface area contributed by atoms with Crippen LogP contribution in [0.5, 0.6) is 5.75 Å². The molecule has 1 heterocycles. The average molecular weight is 302 g/mol. The van der Waals surface area contributed by atoms with Gasteiger partial charge in [0.05, 0.1) is 18.3 Å². The van der Waals surface area contributed by atoms with Gasteiger partial charge in [-0.3, -0.25) is 0 Å². The first-order valence-corrected chi connectivity index (χ1v) is 8.23. The van der Waals surface area contributed by atoms with Gasteiger partial charge in [0.2, 0.25) is 0 Å². The summed E-state index contributed by atoms with van der Waals surface area (Å²) in [5.74, 6) is 0.937. The standard InChI is InChI=1S/C17H22N2OS/c1-11-12(2)21-16(19-11)17(18-3)9-5-6-13-10-14(20-4)7-8-15(13)17/h7-8,10,18H,5-6,9H2,1-4H3. The van der Waals surface area contributed by atoms with Gasteiger partial charge >= 0.3 is 0 Å². The third kappa shape index (κ3) is 2.27. The molecule has 3 nitrogen and oxygen atoms in total. The van der Waals surface area contributed by atoms with Crippen LogP contribution in [0.3, 0.4) is 0 Å². The molecule has 4 heteroatoms. The summed E-state index contributed by atoms with van der Waals surface area (Å²) in [6, 6.07) is 6.44. The van der Waals surface area contributed by atoms with Crippen LogP contribution in [0.15, 0.2) is 18.2 Å². The van der Waals surface area contributed by atoms with Gasteiger partial charge in [-0.25, -0.2) is 4.98 Å². The summed E-state index contributed by atoms with van der Waals surface area (Å²) in [5.41, 5.74) is 3.72. The minimum atomic E-state index is -0.149. The van der Waals surface area contributed by atoms with Crippen LogP contribution >= 0.6 is 11.3 Å². The summed E-state index contributed by atoms with van der Waals surface area (Å²) < 4.78 is 5.38. The van der Waals surface area contributed by atoms with E-state index in [2.05, 4.69) is 37.4 Å². The molecule has 1 aromatic carbocycles. The number of ether oxygens (including phenoxy) is 1. The second kappa shape index (κ2) is 5.43. The fourth-order valence-electron chi connectivity index (χ4n) is 3.24. The summed E-state index contributed by atoms with van der Waals surface area (Å²) >= 11 is 1.81. The Hall–Kier alpha value is -1.39. The molecule has 1 aliphatic rings. The molecule has 0 bridgehead atoms. The van der Waals surface area contributed by atoms with Crippen molar-refractivity contribution in [1.29, 1.82) is 0 Å².